The summed E-state index contributed by atoms with van der Waals surface area (Å²) in [4.78, 5) is 2.72. The lowest BCUT2D eigenvalue weighted by atomic mass is 9.78. The minimum atomic E-state index is 0.914. The summed E-state index contributed by atoms with van der Waals surface area (Å²) < 4.78 is 0. The SMILES string of the molecule is CNCC1CCC1N1CCC(C)C1. The average Bonchev–Trinajstić information content (AvgIpc) is 2.45. The van der Waals surface area contributed by atoms with E-state index in [-0.39, 0.29) is 0 Å². The van der Waals surface area contributed by atoms with Gasteiger partial charge in [0.05, 0.1) is 0 Å². The highest BCUT2D eigenvalue weighted by Gasteiger charge is 2.37. The Kier molecular flexibility index (Phi) is 2.89. The molecule has 2 aliphatic rings. The summed E-state index contributed by atoms with van der Waals surface area (Å²) in [6.07, 6.45) is 4.30. The highest BCUT2D eigenvalue weighted by Crippen LogP contribution is 2.34. The molecule has 2 fully saturated rings. The van der Waals surface area contributed by atoms with Crippen LogP contribution in [0, 0.1) is 11.8 Å². The molecule has 1 N–H and O–H groups in total. The number of hydrogen-bond donors (Lipinski definition) is 1. The molecule has 1 saturated heterocycles. The van der Waals surface area contributed by atoms with E-state index in [0.717, 1.165) is 17.9 Å². The van der Waals surface area contributed by atoms with Crippen molar-refractivity contribution in [3.63, 3.8) is 0 Å². The first-order chi connectivity index (χ1) is 6.31. The van der Waals surface area contributed by atoms with E-state index >= 15 is 0 Å². The Balaban J connectivity index is 1.80. The molecule has 1 aliphatic carbocycles. The van der Waals surface area contributed by atoms with Gasteiger partial charge in [0.1, 0.15) is 0 Å². The first-order valence-corrected chi connectivity index (χ1v) is 5.70. The van der Waals surface area contributed by atoms with Gasteiger partial charge in [0.15, 0.2) is 0 Å². The summed E-state index contributed by atoms with van der Waals surface area (Å²) in [7, 11) is 2.07. The Bertz CT molecular complexity index is 169. The van der Waals surface area contributed by atoms with E-state index in [0.29, 0.717) is 0 Å². The molecule has 13 heavy (non-hydrogen) atoms. The van der Waals surface area contributed by atoms with E-state index < -0.39 is 0 Å². The van der Waals surface area contributed by atoms with Crippen molar-refractivity contribution in [3.8, 4) is 0 Å². The van der Waals surface area contributed by atoms with Gasteiger partial charge in [0, 0.05) is 12.6 Å². The molecule has 1 saturated carbocycles. The second kappa shape index (κ2) is 3.97. The quantitative estimate of drug-likeness (QED) is 0.708. The van der Waals surface area contributed by atoms with Crippen LogP contribution >= 0.6 is 0 Å². The Labute approximate surface area is 81.7 Å². The monoisotopic (exact) mass is 182 g/mol. The predicted molar refractivity (Wildman–Crippen MR) is 55.8 cm³/mol. The number of hydrogen-bond acceptors (Lipinski definition) is 2. The van der Waals surface area contributed by atoms with Crippen LogP contribution in [-0.2, 0) is 0 Å². The third-order valence-electron chi connectivity index (χ3n) is 3.77. The first-order valence-electron chi connectivity index (χ1n) is 5.70. The fourth-order valence-electron chi connectivity index (χ4n) is 2.80. The second-order valence-corrected chi connectivity index (χ2v) is 4.85. The summed E-state index contributed by atoms with van der Waals surface area (Å²) in [6, 6.07) is 0.914. The summed E-state index contributed by atoms with van der Waals surface area (Å²) >= 11 is 0. The zero-order chi connectivity index (χ0) is 9.26. The molecule has 0 aromatic rings. The normalized spacial score (nSPS) is 40.6. The zero-order valence-corrected chi connectivity index (χ0v) is 8.92. The van der Waals surface area contributed by atoms with Crippen LogP contribution in [0.15, 0.2) is 0 Å². The van der Waals surface area contributed by atoms with Crippen LogP contribution < -0.4 is 5.32 Å². The van der Waals surface area contributed by atoms with Crippen molar-refractivity contribution >= 4 is 0 Å². The van der Waals surface area contributed by atoms with E-state index in [1.165, 1.54) is 38.9 Å². The highest BCUT2D eigenvalue weighted by atomic mass is 15.2. The molecule has 1 heterocycles. The van der Waals surface area contributed by atoms with Crippen LogP contribution in [0.3, 0.4) is 0 Å². The lowest BCUT2D eigenvalue weighted by molar-refractivity contribution is 0.0809. The molecular formula is C11H22N2. The standard InChI is InChI=1S/C11H22N2/c1-9-5-6-13(8-9)11-4-3-10(11)7-12-2/h9-12H,3-8H2,1-2H3. The number of nitrogens with one attached hydrogen (secondary N) is 1. The van der Waals surface area contributed by atoms with Gasteiger partial charge < -0.3 is 5.32 Å². The maximum atomic E-state index is 3.31. The smallest absolute Gasteiger partial charge is 0.0136 e. The number of likely N-dealkylation sites (tertiary alicyclic amines) is 1. The van der Waals surface area contributed by atoms with Gasteiger partial charge in [0.2, 0.25) is 0 Å². The Morgan fingerprint density at radius 1 is 1.31 bits per heavy atom. The molecule has 2 heteroatoms. The third kappa shape index (κ3) is 1.89. The molecular weight excluding hydrogens is 160 g/mol. The van der Waals surface area contributed by atoms with E-state index in [1.54, 1.807) is 0 Å². The van der Waals surface area contributed by atoms with Gasteiger partial charge in [-0.15, -0.1) is 0 Å². The third-order valence-corrected chi connectivity index (χ3v) is 3.77. The lowest BCUT2D eigenvalue weighted by Gasteiger charge is -2.43. The Hall–Kier alpha value is -0.0800. The van der Waals surface area contributed by atoms with Crippen molar-refractivity contribution < 1.29 is 0 Å². The fourth-order valence-corrected chi connectivity index (χ4v) is 2.80. The summed E-state index contributed by atoms with van der Waals surface area (Å²) in [5, 5.41) is 3.31. The van der Waals surface area contributed by atoms with Gasteiger partial charge in [-0.2, -0.15) is 0 Å². The fraction of sp³-hybridized carbons (Fsp3) is 1.00. The molecule has 2 rings (SSSR count). The minimum Gasteiger partial charge on any atom is -0.319 e. The molecule has 0 aromatic carbocycles. The molecule has 1 aliphatic heterocycles. The van der Waals surface area contributed by atoms with Gasteiger partial charge in [-0.3, -0.25) is 4.90 Å². The maximum absolute atomic E-state index is 3.31. The summed E-state index contributed by atoms with van der Waals surface area (Å²) in [6.45, 7) is 6.30. The van der Waals surface area contributed by atoms with Gasteiger partial charge >= 0.3 is 0 Å². The predicted octanol–water partition coefficient (Wildman–Crippen LogP) is 1.33. The molecule has 2 nitrogen and oxygen atoms in total. The van der Waals surface area contributed by atoms with Crippen LogP contribution in [0.5, 0.6) is 0 Å². The highest BCUT2D eigenvalue weighted by molar-refractivity contribution is 4.92. The van der Waals surface area contributed by atoms with Crippen LogP contribution in [-0.4, -0.2) is 37.6 Å². The van der Waals surface area contributed by atoms with Gasteiger partial charge in [-0.1, -0.05) is 6.92 Å². The van der Waals surface area contributed by atoms with Crippen molar-refractivity contribution in [2.45, 2.75) is 32.2 Å². The maximum Gasteiger partial charge on any atom is 0.0136 e. The molecule has 0 amide bonds. The van der Waals surface area contributed by atoms with Gasteiger partial charge in [-0.25, -0.2) is 0 Å². The van der Waals surface area contributed by atoms with E-state index in [9.17, 15) is 0 Å². The lowest BCUT2D eigenvalue weighted by Crippen LogP contribution is -2.49. The molecule has 0 bridgehead atoms. The molecule has 76 valence electrons. The van der Waals surface area contributed by atoms with Crippen LogP contribution in [0.4, 0.5) is 0 Å². The van der Waals surface area contributed by atoms with Crippen molar-refractivity contribution in [2.24, 2.45) is 11.8 Å². The largest absolute Gasteiger partial charge is 0.319 e. The number of rotatable bonds is 3. The van der Waals surface area contributed by atoms with E-state index in [2.05, 4.69) is 24.2 Å². The van der Waals surface area contributed by atoms with Crippen LogP contribution in [0.1, 0.15) is 26.2 Å². The second-order valence-electron chi connectivity index (χ2n) is 4.85. The molecule has 0 radical (unpaired) electrons. The topological polar surface area (TPSA) is 15.3 Å². The minimum absolute atomic E-state index is 0.914. The van der Waals surface area contributed by atoms with Gasteiger partial charge in [-0.05, 0) is 51.2 Å². The summed E-state index contributed by atoms with van der Waals surface area (Å²) in [5.41, 5.74) is 0. The van der Waals surface area contributed by atoms with Gasteiger partial charge in [0.25, 0.3) is 0 Å². The first kappa shape index (κ1) is 9.47. The Morgan fingerprint density at radius 2 is 2.15 bits per heavy atom. The van der Waals surface area contributed by atoms with Crippen molar-refractivity contribution in [2.75, 3.05) is 26.7 Å². The van der Waals surface area contributed by atoms with Crippen molar-refractivity contribution in [3.05, 3.63) is 0 Å². The molecule has 3 unspecified atom stereocenters. The van der Waals surface area contributed by atoms with Crippen molar-refractivity contribution in [1.29, 1.82) is 0 Å². The molecule has 0 spiro atoms. The molecule has 3 atom stereocenters. The van der Waals surface area contributed by atoms with Crippen LogP contribution in [0.25, 0.3) is 0 Å². The van der Waals surface area contributed by atoms with Crippen molar-refractivity contribution in [1.82, 2.24) is 10.2 Å². The zero-order valence-electron chi connectivity index (χ0n) is 8.92. The number of nitrogens with zero attached hydrogens (tertiary/aromatic N) is 1. The summed E-state index contributed by atoms with van der Waals surface area (Å²) in [5.74, 6) is 1.88. The molecule has 0 aromatic heterocycles. The Morgan fingerprint density at radius 3 is 2.62 bits per heavy atom. The van der Waals surface area contributed by atoms with Crippen LogP contribution in [0.2, 0.25) is 0 Å². The van der Waals surface area contributed by atoms with E-state index in [4.69, 9.17) is 0 Å². The van der Waals surface area contributed by atoms with E-state index in [1.807, 2.05) is 0 Å². The average molecular weight is 182 g/mol.